The van der Waals surface area contributed by atoms with Crippen LogP contribution in [0.15, 0.2) is 24.3 Å². The summed E-state index contributed by atoms with van der Waals surface area (Å²) in [6, 6.07) is 8.01. The molecule has 0 spiro atoms. The van der Waals surface area contributed by atoms with E-state index in [2.05, 4.69) is 22.6 Å². The minimum atomic E-state index is 0.0275. The molecule has 2 unspecified atom stereocenters. The molecule has 1 N–H and O–H groups in total. The average molecular weight is 272 g/mol. The van der Waals surface area contributed by atoms with Crippen molar-refractivity contribution >= 4 is 16.9 Å². The lowest BCUT2D eigenvalue weighted by atomic mass is 9.87. The summed E-state index contributed by atoms with van der Waals surface area (Å²) in [6.45, 7) is 2.49. The van der Waals surface area contributed by atoms with Crippen molar-refractivity contribution in [3.8, 4) is 0 Å². The van der Waals surface area contributed by atoms with Gasteiger partial charge in [-0.25, -0.2) is 4.68 Å². The van der Waals surface area contributed by atoms with Crippen LogP contribution >= 0.6 is 0 Å². The van der Waals surface area contributed by atoms with Gasteiger partial charge in [0, 0.05) is 6.04 Å². The minimum Gasteiger partial charge on any atom is -0.352 e. The third-order valence-corrected chi connectivity index (χ3v) is 4.02. The first kappa shape index (κ1) is 13.1. The lowest BCUT2D eigenvalue weighted by Crippen LogP contribution is -2.39. The van der Waals surface area contributed by atoms with E-state index in [1.54, 1.807) is 4.68 Å². The number of carbonyl (C=O) groups is 1. The quantitative estimate of drug-likeness (QED) is 0.931. The third kappa shape index (κ3) is 2.81. The standard InChI is InChI=1S/C15H20N4O/c1-11-5-4-6-12(9-11)16-15(20)10-19-14-8-3-2-7-13(14)17-18-19/h2-3,7-8,11-12H,4-6,9-10H2,1H3,(H,16,20). The van der Waals surface area contributed by atoms with Gasteiger partial charge in [-0.1, -0.05) is 37.1 Å². The molecule has 106 valence electrons. The Kier molecular flexibility index (Phi) is 3.67. The maximum atomic E-state index is 12.1. The van der Waals surface area contributed by atoms with E-state index in [0.717, 1.165) is 23.9 Å². The van der Waals surface area contributed by atoms with Crippen LogP contribution in [0.25, 0.3) is 11.0 Å². The number of nitrogens with one attached hydrogen (secondary N) is 1. The highest BCUT2D eigenvalue weighted by Gasteiger charge is 2.20. The maximum absolute atomic E-state index is 12.1. The van der Waals surface area contributed by atoms with Crippen molar-refractivity contribution in [1.29, 1.82) is 0 Å². The first-order valence-electron chi connectivity index (χ1n) is 7.30. The van der Waals surface area contributed by atoms with E-state index < -0.39 is 0 Å². The van der Waals surface area contributed by atoms with Gasteiger partial charge in [0.2, 0.25) is 5.91 Å². The maximum Gasteiger partial charge on any atom is 0.242 e. The van der Waals surface area contributed by atoms with Gasteiger partial charge in [-0.05, 0) is 30.9 Å². The molecular formula is C15H20N4O. The smallest absolute Gasteiger partial charge is 0.242 e. The van der Waals surface area contributed by atoms with Crippen LogP contribution < -0.4 is 5.32 Å². The fraction of sp³-hybridized carbons (Fsp3) is 0.533. The van der Waals surface area contributed by atoms with E-state index in [4.69, 9.17) is 0 Å². The molecule has 2 aromatic rings. The molecule has 0 saturated heterocycles. The van der Waals surface area contributed by atoms with Crippen LogP contribution in [0, 0.1) is 5.92 Å². The second-order valence-electron chi connectivity index (χ2n) is 5.77. The summed E-state index contributed by atoms with van der Waals surface area (Å²) in [6.07, 6.45) is 4.66. The van der Waals surface area contributed by atoms with Crippen molar-refractivity contribution < 1.29 is 4.79 Å². The number of rotatable bonds is 3. The van der Waals surface area contributed by atoms with Crippen LogP contribution in [0.3, 0.4) is 0 Å². The Morgan fingerprint density at radius 3 is 3.10 bits per heavy atom. The zero-order valence-electron chi connectivity index (χ0n) is 11.7. The number of fused-ring (bicyclic) bond motifs is 1. The van der Waals surface area contributed by atoms with Gasteiger partial charge in [-0.15, -0.1) is 5.10 Å². The van der Waals surface area contributed by atoms with Crippen molar-refractivity contribution in [3.05, 3.63) is 24.3 Å². The molecule has 0 bridgehead atoms. The van der Waals surface area contributed by atoms with Crippen LogP contribution in [0.1, 0.15) is 32.6 Å². The zero-order chi connectivity index (χ0) is 13.9. The largest absolute Gasteiger partial charge is 0.352 e. The highest BCUT2D eigenvalue weighted by Crippen LogP contribution is 2.23. The molecule has 20 heavy (non-hydrogen) atoms. The highest BCUT2D eigenvalue weighted by atomic mass is 16.2. The summed E-state index contributed by atoms with van der Waals surface area (Å²) >= 11 is 0. The lowest BCUT2D eigenvalue weighted by Gasteiger charge is -2.27. The molecule has 1 amide bonds. The number of hydrogen-bond donors (Lipinski definition) is 1. The van der Waals surface area contributed by atoms with E-state index >= 15 is 0 Å². The summed E-state index contributed by atoms with van der Waals surface area (Å²) < 4.78 is 1.66. The Morgan fingerprint density at radius 1 is 1.40 bits per heavy atom. The predicted molar refractivity (Wildman–Crippen MR) is 77.1 cm³/mol. The van der Waals surface area contributed by atoms with Crippen LogP contribution in [0.2, 0.25) is 0 Å². The Morgan fingerprint density at radius 2 is 2.25 bits per heavy atom. The Balaban J connectivity index is 1.64. The monoisotopic (exact) mass is 272 g/mol. The molecule has 1 fully saturated rings. The molecule has 5 heteroatoms. The lowest BCUT2D eigenvalue weighted by molar-refractivity contribution is -0.122. The van der Waals surface area contributed by atoms with E-state index in [-0.39, 0.29) is 12.5 Å². The summed E-state index contributed by atoms with van der Waals surface area (Å²) in [5, 5.41) is 11.2. The van der Waals surface area contributed by atoms with Gasteiger partial charge >= 0.3 is 0 Å². The molecule has 0 radical (unpaired) electrons. The number of benzene rings is 1. The molecule has 1 aromatic heterocycles. The molecule has 1 aliphatic carbocycles. The predicted octanol–water partition coefficient (Wildman–Crippen LogP) is 2.13. The van der Waals surface area contributed by atoms with E-state index in [9.17, 15) is 4.79 Å². The first-order chi connectivity index (χ1) is 9.72. The van der Waals surface area contributed by atoms with Gasteiger partial charge in [0.15, 0.2) is 0 Å². The van der Waals surface area contributed by atoms with Gasteiger partial charge in [0.1, 0.15) is 12.1 Å². The number of amides is 1. The first-order valence-corrected chi connectivity index (χ1v) is 7.30. The average Bonchev–Trinajstić information content (AvgIpc) is 2.82. The summed E-state index contributed by atoms with van der Waals surface area (Å²) in [7, 11) is 0. The van der Waals surface area contributed by atoms with E-state index in [1.807, 2.05) is 24.3 Å². The molecule has 1 aromatic carbocycles. The number of aromatic nitrogens is 3. The Bertz CT molecular complexity index is 607. The summed E-state index contributed by atoms with van der Waals surface area (Å²) in [5.74, 6) is 0.737. The topological polar surface area (TPSA) is 59.8 Å². The molecule has 1 aliphatic rings. The van der Waals surface area contributed by atoms with Crippen molar-refractivity contribution in [3.63, 3.8) is 0 Å². The van der Waals surface area contributed by atoms with Gasteiger partial charge in [-0.2, -0.15) is 0 Å². The third-order valence-electron chi connectivity index (χ3n) is 4.02. The van der Waals surface area contributed by atoms with E-state index in [1.165, 1.54) is 12.8 Å². The SMILES string of the molecule is CC1CCCC(NC(=O)Cn2nnc3ccccc32)C1. The van der Waals surface area contributed by atoms with Gasteiger partial charge in [0.05, 0.1) is 5.52 Å². The second-order valence-corrected chi connectivity index (χ2v) is 5.77. The number of carbonyl (C=O) groups excluding carboxylic acids is 1. The van der Waals surface area contributed by atoms with Crippen LogP contribution in [-0.4, -0.2) is 26.9 Å². The Hall–Kier alpha value is -1.91. The number of para-hydroxylation sites is 1. The van der Waals surface area contributed by atoms with Gasteiger partial charge in [0.25, 0.3) is 0 Å². The summed E-state index contributed by atoms with van der Waals surface area (Å²) in [5.41, 5.74) is 1.73. The number of nitrogens with zero attached hydrogens (tertiary/aromatic N) is 3. The highest BCUT2D eigenvalue weighted by molar-refractivity contribution is 5.79. The zero-order valence-corrected chi connectivity index (χ0v) is 11.7. The van der Waals surface area contributed by atoms with Crippen molar-refractivity contribution in [2.75, 3.05) is 0 Å². The molecule has 5 nitrogen and oxygen atoms in total. The van der Waals surface area contributed by atoms with Crippen LogP contribution in [-0.2, 0) is 11.3 Å². The molecule has 3 rings (SSSR count). The fourth-order valence-corrected chi connectivity index (χ4v) is 3.01. The van der Waals surface area contributed by atoms with Crippen molar-refractivity contribution in [2.45, 2.75) is 45.2 Å². The van der Waals surface area contributed by atoms with Crippen molar-refractivity contribution in [1.82, 2.24) is 20.3 Å². The van der Waals surface area contributed by atoms with Gasteiger partial charge in [-0.3, -0.25) is 4.79 Å². The molecule has 0 aliphatic heterocycles. The van der Waals surface area contributed by atoms with Gasteiger partial charge < -0.3 is 5.32 Å². The molecule has 1 saturated carbocycles. The van der Waals surface area contributed by atoms with Crippen LogP contribution in [0.5, 0.6) is 0 Å². The van der Waals surface area contributed by atoms with Crippen molar-refractivity contribution in [2.24, 2.45) is 5.92 Å². The Labute approximate surface area is 118 Å². The molecular weight excluding hydrogens is 252 g/mol. The molecule has 2 atom stereocenters. The number of hydrogen-bond acceptors (Lipinski definition) is 3. The van der Waals surface area contributed by atoms with E-state index in [0.29, 0.717) is 12.0 Å². The minimum absolute atomic E-state index is 0.0275. The molecule has 1 heterocycles. The fourth-order valence-electron chi connectivity index (χ4n) is 3.01. The second kappa shape index (κ2) is 5.61. The summed E-state index contributed by atoms with van der Waals surface area (Å²) in [4.78, 5) is 12.1. The normalized spacial score (nSPS) is 22.9. The van der Waals surface area contributed by atoms with Crippen LogP contribution in [0.4, 0.5) is 0 Å².